The van der Waals surface area contributed by atoms with Crippen LogP contribution < -0.4 is 9.47 Å². The number of benzene rings is 1. The number of rotatable bonds is 4. The van der Waals surface area contributed by atoms with Crippen LogP contribution in [-0.4, -0.2) is 13.2 Å². The number of nitriles is 1. The maximum Gasteiger partial charge on any atom is 0.174 e. The molecule has 0 spiro atoms. The molecule has 1 aliphatic rings. The van der Waals surface area contributed by atoms with Crippen LogP contribution in [0.4, 0.5) is 0 Å². The quantitative estimate of drug-likeness (QED) is 0.848. The van der Waals surface area contributed by atoms with Crippen LogP contribution in [0.25, 0.3) is 0 Å². The summed E-state index contributed by atoms with van der Waals surface area (Å²) in [6.07, 6.45) is 5.32. The molecule has 2 rings (SSSR count). The van der Waals surface area contributed by atoms with Crippen LogP contribution in [0.1, 0.15) is 31.2 Å². The zero-order valence-corrected chi connectivity index (χ0v) is 12.0. The summed E-state index contributed by atoms with van der Waals surface area (Å²) in [5, 5.41) is 8.77. The summed E-state index contributed by atoms with van der Waals surface area (Å²) < 4.78 is 12.2. The van der Waals surface area contributed by atoms with E-state index in [1.54, 1.807) is 7.11 Å². The van der Waals surface area contributed by atoms with Crippen molar-refractivity contribution in [3.05, 3.63) is 22.2 Å². The van der Waals surface area contributed by atoms with Gasteiger partial charge in [-0.15, -0.1) is 0 Å². The Labute approximate surface area is 116 Å². The van der Waals surface area contributed by atoms with E-state index in [2.05, 4.69) is 22.0 Å². The predicted molar refractivity (Wildman–Crippen MR) is 72.9 cm³/mol. The first-order chi connectivity index (χ1) is 8.74. The Kier molecular flexibility index (Phi) is 4.48. The fourth-order valence-electron chi connectivity index (χ4n) is 2.29. The normalized spacial score (nSPS) is 15.4. The number of methoxy groups -OCH3 is 1. The second-order valence-corrected chi connectivity index (χ2v) is 5.32. The van der Waals surface area contributed by atoms with E-state index in [4.69, 9.17) is 14.7 Å². The molecule has 0 saturated heterocycles. The van der Waals surface area contributed by atoms with E-state index in [1.165, 1.54) is 12.8 Å². The van der Waals surface area contributed by atoms with Gasteiger partial charge in [0.25, 0.3) is 0 Å². The highest BCUT2D eigenvalue weighted by atomic mass is 79.9. The average molecular weight is 310 g/mol. The van der Waals surface area contributed by atoms with Gasteiger partial charge in [0.05, 0.1) is 30.2 Å². The summed E-state index contributed by atoms with van der Waals surface area (Å²) in [6, 6.07) is 5.97. The molecule has 0 heterocycles. The smallest absolute Gasteiger partial charge is 0.174 e. The molecule has 0 amide bonds. The molecule has 0 bridgehead atoms. The van der Waals surface area contributed by atoms with Gasteiger partial charge in [-0.3, -0.25) is 0 Å². The van der Waals surface area contributed by atoms with Crippen LogP contribution in [-0.2, 0) is 6.42 Å². The molecule has 0 radical (unpaired) electrons. The monoisotopic (exact) mass is 309 g/mol. The maximum atomic E-state index is 8.77. The van der Waals surface area contributed by atoms with Gasteiger partial charge in [-0.25, -0.2) is 0 Å². The Bertz CT molecular complexity index is 462. The number of hydrogen-bond acceptors (Lipinski definition) is 3. The second kappa shape index (κ2) is 6.10. The standard InChI is InChI=1S/C14H16BrNO2/c1-17-14-12(15)8-10(6-7-16)9-13(14)18-11-4-2-3-5-11/h8-9,11H,2-6H2,1H3. The minimum Gasteiger partial charge on any atom is -0.492 e. The summed E-state index contributed by atoms with van der Waals surface area (Å²) in [7, 11) is 1.63. The van der Waals surface area contributed by atoms with E-state index in [0.717, 1.165) is 28.6 Å². The molecule has 0 unspecified atom stereocenters. The first-order valence-corrected chi connectivity index (χ1v) is 6.94. The van der Waals surface area contributed by atoms with Crippen molar-refractivity contribution >= 4 is 15.9 Å². The lowest BCUT2D eigenvalue weighted by Crippen LogP contribution is -2.12. The Morgan fingerprint density at radius 1 is 1.39 bits per heavy atom. The van der Waals surface area contributed by atoms with Crippen LogP contribution in [0, 0.1) is 11.3 Å². The first-order valence-electron chi connectivity index (χ1n) is 6.14. The van der Waals surface area contributed by atoms with Gasteiger partial charge in [-0.05, 0) is 59.3 Å². The number of halogens is 1. The Morgan fingerprint density at radius 2 is 2.11 bits per heavy atom. The Morgan fingerprint density at radius 3 is 2.72 bits per heavy atom. The molecule has 96 valence electrons. The number of ether oxygens (including phenoxy) is 2. The molecule has 1 saturated carbocycles. The van der Waals surface area contributed by atoms with Crippen molar-refractivity contribution in [3.63, 3.8) is 0 Å². The summed E-state index contributed by atoms with van der Waals surface area (Å²) in [5.74, 6) is 1.45. The van der Waals surface area contributed by atoms with E-state index >= 15 is 0 Å². The molecule has 1 aromatic rings. The molecule has 1 fully saturated rings. The highest BCUT2D eigenvalue weighted by Crippen LogP contribution is 2.38. The molecule has 0 aliphatic heterocycles. The van der Waals surface area contributed by atoms with E-state index in [9.17, 15) is 0 Å². The molecule has 1 aromatic carbocycles. The van der Waals surface area contributed by atoms with Crippen molar-refractivity contribution in [1.29, 1.82) is 5.26 Å². The van der Waals surface area contributed by atoms with Gasteiger partial charge in [-0.1, -0.05) is 0 Å². The molecule has 0 N–H and O–H groups in total. The van der Waals surface area contributed by atoms with E-state index in [1.807, 2.05) is 12.1 Å². The average Bonchev–Trinajstić information content (AvgIpc) is 2.82. The van der Waals surface area contributed by atoms with Crippen molar-refractivity contribution in [1.82, 2.24) is 0 Å². The highest BCUT2D eigenvalue weighted by Gasteiger charge is 2.20. The van der Waals surface area contributed by atoms with Gasteiger partial charge in [0.1, 0.15) is 0 Å². The van der Waals surface area contributed by atoms with Gasteiger partial charge in [-0.2, -0.15) is 5.26 Å². The summed E-state index contributed by atoms with van der Waals surface area (Å²) in [4.78, 5) is 0. The molecule has 4 heteroatoms. The largest absolute Gasteiger partial charge is 0.492 e. The van der Waals surface area contributed by atoms with E-state index in [0.29, 0.717) is 12.2 Å². The Hall–Kier alpha value is -1.21. The lowest BCUT2D eigenvalue weighted by atomic mass is 10.1. The van der Waals surface area contributed by atoms with Crippen molar-refractivity contribution < 1.29 is 9.47 Å². The van der Waals surface area contributed by atoms with Crippen LogP contribution in [0.5, 0.6) is 11.5 Å². The maximum absolute atomic E-state index is 8.77. The first kappa shape index (κ1) is 13.2. The molecule has 3 nitrogen and oxygen atoms in total. The minimum absolute atomic E-state index is 0.281. The van der Waals surface area contributed by atoms with Gasteiger partial charge >= 0.3 is 0 Å². The lowest BCUT2D eigenvalue weighted by molar-refractivity contribution is 0.200. The van der Waals surface area contributed by atoms with Crippen LogP contribution in [0.3, 0.4) is 0 Å². The van der Waals surface area contributed by atoms with Crippen molar-refractivity contribution in [2.45, 2.75) is 38.2 Å². The van der Waals surface area contributed by atoms with Crippen molar-refractivity contribution in [2.24, 2.45) is 0 Å². The zero-order valence-electron chi connectivity index (χ0n) is 10.4. The Balaban J connectivity index is 2.26. The van der Waals surface area contributed by atoms with E-state index < -0.39 is 0 Å². The van der Waals surface area contributed by atoms with Crippen LogP contribution >= 0.6 is 15.9 Å². The molecule has 0 atom stereocenters. The molecule has 0 aromatic heterocycles. The molecule has 18 heavy (non-hydrogen) atoms. The predicted octanol–water partition coefficient (Wildman–Crippen LogP) is 3.85. The fourth-order valence-corrected chi connectivity index (χ4v) is 2.94. The topological polar surface area (TPSA) is 42.2 Å². The third-order valence-electron chi connectivity index (χ3n) is 3.15. The third-order valence-corrected chi connectivity index (χ3v) is 3.74. The van der Waals surface area contributed by atoms with Crippen molar-refractivity contribution in [3.8, 4) is 17.6 Å². The van der Waals surface area contributed by atoms with Crippen LogP contribution in [0.15, 0.2) is 16.6 Å². The zero-order chi connectivity index (χ0) is 13.0. The number of nitrogens with zero attached hydrogens (tertiary/aromatic N) is 1. The van der Waals surface area contributed by atoms with Crippen molar-refractivity contribution in [2.75, 3.05) is 7.11 Å². The van der Waals surface area contributed by atoms with Crippen LogP contribution in [0.2, 0.25) is 0 Å². The minimum atomic E-state index is 0.281. The lowest BCUT2D eigenvalue weighted by Gasteiger charge is -2.17. The fraction of sp³-hybridized carbons (Fsp3) is 0.500. The summed E-state index contributed by atoms with van der Waals surface area (Å²) in [6.45, 7) is 0. The van der Waals surface area contributed by atoms with E-state index in [-0.39, 0.29) is 6.10 Å². The molecular formula is C14H16BrNO2. The third kappa shape index (κ3) is 2.97. The van der Waals surface area contributed by atoms with Gasteiger partial charge < -0.3 is 9.47 Å². The SMILES string of the molecule is COc1c(Br)cc(CC#N)cc1OC1CCCC1. The summed E-state index contributed by atoms with van der Waals surface area (Å²) in [5.41, 5.74) is 0.943. The highest BCUT2D eigenvalue weighted by molar-refractivity contribution is 9.10. The molecular weight excluding hydrogens is 294 g/mol. The van der Waals surface area contributed by atoms with Gasteiger partial charge in [0.2, 0.25) is 0 Å². The summed E-state index contributed by atoms with van der Waals surface area (Å²) >= 11 is 3.46. The van der Waals surface area contributed by atoms with Gasteiger partial charge in [0.15, 0.2) is 11.5 Å². The second-order valence-electron chi connectivity index (χ2n) is 4.47. The number of hydrogen-bond donors (Lipinski definition) is 0. The molecule has 1 aliphatic carbocycles. The van der Waals surface area contributed by atoms with Gasteiger partial charge in [0, 0.05) is 0 Å².